The fourth-order valence-corrected chi connectivity index (χ4v) is 3.83. The third kappa shape index (κ3) is 3.55. The zero-order chi connectivity index (χ0) is 15.5. The second-order valence-electron chi connectivity index (χ2n) is 6.32. The van der Waals surface area contributed by atoms with Crippen LogP contribution in [0.3, 0.4) is 0 Å². The van der Waals surface area contributed by atoms with Crippen LogP contribution in [0.25, 0.3) is 0 Å². The molecule has 5 heteroatoms. The maximum atomic E-state index is 12.9. The van der Waals surface area contributed by atoms with E-state index >= 15 is 0 Å². The molecule has 2 atom stereocenters. The molecule has 0 bridgehead atoms. The molecule has 0 aromatic heterocycles. The fraction of sp³-hybridized carbons (Fsp3) is 0.875. The first-order chi connectivity index (χ1) is 10.0. The number of carbonyl (C=O) groups excluding carboxylic acids is 2. The molecule has 0 radical (unpaired) electrons. The van der Waals surface area contributed by atoms with Gasteiger partial charge in [0.05, 0.1) is 0 Å². The average Bonchev–Trinajstić information content (AvgIpc) is 3.28. The smallest absolute Gasteiger partial charge is 0.249 e. The van der Waals surface area contributed by atoms with Gasteiger partial charge in [-0.25, -0.2) is 0 Å². The van der Waals surface area contributed by atoms with Gasteiger partial charge < -0.3 is 10.2 Å². The lowest BCUT2D eigenvalue weighted by atomic mass is 9.88. The quantitative estimate of drug-likeness (QED) is 0.700. The molecule has 0 aromatic rings. The van der Waals surface area contributed by atoms with Gasteiger partial charge in [-0.1, -0.05) is 20.3 Å². The minimum atomic E-state index is -0.654. The summed E-state index contributed by atoms with van der Waals surface area (Å²) in [6.07, 6.45) is 4.77. The number of thioether (sulfide) groups is 1. The number of amides is 2. The van der Waals surface area contributed by atoms with Crippen molar-refractivity contribution in [2.24, 2.45) is 5.92 Å². The van der Waals surface area contributed by atoms with Gasteiger partial charge in [-0.05, 0) is 50.0 Å². The van der Waals surface area contributed by atoms with E-state index in [1.54, 1.807) is 0 Å². The Morgan fingerprint density at radius 3 is 2.62 bits per heavy atom. The van der Waals surface area contributed by atoms with Crippen LogP contribution in [-0.4, -0.2) is 46.3 Å². The van der Waals surface area contributed by atoms with E-state index in [1.165, 1.54) is 0 Å². The van der Waals surface area contributed by atoms with Crippen molar-refractivity contribution >= 4 is 23.6 Å². The van der Waals surface area contributed by atoms with Gasteiger partial charge in [0.25, 0.3) is 0 Å². The highest BCUT2D eigenvalue weighted by molar-refractivity contribution is 7.99. The van der Waals surface area contributed by atoms with Crippen molar-refractivity contribution in [3.05, 3.63) is 0 Å². The molecular weight excluding hydrogens is 284 g/mol. The molecule has 1 aliphatic heterocycles. The van der Waals surface area contributed by atoms with E-state index in [1.807, 2.05) is 23.6 Å². The Balaban J connectivity index is 2.08. The van der Waals surface area contributed by atoms with Crippen LogP contribution in [0, 0.1) is 5.92 Å². The van der Waals surface area contributed by atoms with Crippen LogP contribution < -0.4 is 5.32 Å². The molecule has 1 heterocycles. The number of hydrogen-bond donors (Lipinski definition) is 1. The molecule has 2 fully saturated rings. The number of nitrogens with one attached hydrogen (secondary N) is 1. The number of carbonyl (C=O) groups is 2. The summed E-state index contributed by atoms with van der Waals surface area (Å²) in [5, 5.41) is 3.04. The van der Waals surface area contributed by atoms with Crippen LogP contribution in [0.1, 0.15) is 52.9 Å². The number of piperazine rings is 1. The Bertz CT molecular complexity index is 398. The van der Waals surface area contributed by atoms with E-state index in [4.69, 9.17) is 0 Å². The molecule has 2 amide bonds. The lowest BCUT2D eigenvalue weighted by Crippen LogP contribution is -2.70. The summed E-state index contributed by atoms with van der Waals surface area (Å²) in [5.41, 5.74) is -0.654. The lowest BCUT2D eigenvalue weighted by Gasteiger charge is -2.45. The number of rotatable bonds is 8. The molecule has 1 saturated carbocycles. The molecule has 2 rings (SSSR count). The van der Waals surface area contributed by atoms with Crippen LogP contribution >= 0.6 is 11.8 Å². The van der Waals surface area contributed by atoms with E-state index in [0.29, 0.717) is 12.5 Å². The summed E-state index contributed by atoms with van der Waals surface area (Å²) in [4.78, 5) is 27.3. The predicted molar refractivity (Wildman–Crippen MR) is 87.3 cm³/mol. The van der Waals surface area contributed by atoms with Crippen LogP contribution in [0.15, 0.2) is 0 Å². The normalized spacial score (nSPS) is 29.7. The van der Waals surface area contributed by atoms with Crippen molar-refractivity contribution in [2.75, 3.05) is 18.1 Å². The second-order valence-corrected chi connectivity index (χ2v) is 7.71. The Kier molecular flexibility index (Phi) is 5.58. The highest BCUT2D eigenvalue weighted by Gasteiger charge is 2.54. The zero-order valence-electron chi connectivity index (χ0n) is 13.5. The first kappa shape index (κ1) is 16.7. The van der Waals surface area contributed by atoms with Gasteiger partial charge in [-0.15, -0.1) is 0 Å². The highest BCUT2D eigenvalue weighted by Crippen LogP contribution is 2.42. The minimum absolute atomic E-state index is 0.0500. The summed E-state index contributed by atoms with van der Waals surface area (Å²) < 4.78 is 0. The molecular formula is C16H28N2O2S. The van der Waals surface area contributed by atoms with Gasteiger partial charge in [0.15, 0.2) is 0 Å². The molecule has 0 aromatic carbocycles. The molecule has 0 spiro atoms. The molecule has 1 N–H and O–H groups in total. The number of hydrogen-bond acceptors (Lipinski definition) is 3. The van der Waals surface area contributed by atoms with Crippen LogP contribution in [0.2, 0.25) is 0 Å². The molecule has 4 nitrogen and oxygen atoms in total. The Hall–Kier alpha value is -0.710. The average molecular weight is 312 g/mol. The van der Waals surface area contributed by atoms with E-state index in [-0.39, 0.29) is 17.9 Å². The molecule has 1 aliphatic carbocycles. The topological polar surface area (TPSA) is 49.4 Å². The Labute approximate surface area is 132 Å². The van der Waals surface area contributed by atoms with Crippen LogP contribution in [-0.2, 0) is 9.59 Å². The van der Waals surface area contributed by atoms with Gasteiger partial charge in [0.2, 0.25) is 11.8 Å². The van der Waals surface area contributed by atoms with Gasteiger partial charge in [0.1, 0.15) is 11.6 Å². The minimum Gasteiger partial charge on any atom is -0.340 e. The SMILES string of the molecule is CCCC1C(=O)NC(C)(C2CC2)C(=O)N1CCCSCC. The third-order valence-corrected chi connectivity index (χ3v) is 5.60. The first-order valence-corrected chi connectivity index (χ1v) is 9.40. The van der Waals surface area contributed by atoms with Crippen LogP contribution in [0.5, 0.6) is 0 Å². The van der Waals surface area contributed by atoms with E-state index in [2.05, 4.69) is 19.2 Å². The van der Waals surface area contributed by atoms with E-state index < -0.39 is 5.54 Å². The van der Waals surface area contributed by atoms with Gasteiger partial charge >= 0.3 is 0 Å². The van der Waals surface area contributed by atoms with Gasteiger partial charge in [-0.3, -0.25) is 9.59 Å². The monoisotopic (exact) mass is 312 g/mol. The number of nitrogens with zero attached hydrogens (tertiary/aromatic N) is 1. The molecule has 1 saturated heterocycles. The highest BCUT2D eigenvalue weighted by atomic mass is 32.2. The molecule has 2 aliphatic rings. The maximum Gasteiger partial charge on any atom is 0.249 e. The Morgan fingerprint density at radius 2 is 2.05 bits per heavy atom. The van der Waals surface area contributed by atoms with Crippen molar-refractivity contribution in [3.8, 4) is 0 Å². The molecule has 21 heavy (non-hydrogen) atoms. The predicted octanol–water partition coefficient (Wildman–Crippen LogP) is 2.43. The van der Waals surface area contributed by atoms with Crippen molar-refractivity contribution < 1.29 is 9.59 Å². The molecule has 120 valence electrons. The Morgan fingerprint density at radius 1 is 1.33 bits per heavy atom. The van der Waals surface area contributed by atoms with Gasteiger partial charge in [0, 0.05) is 6.54 Å². The standard InChI is InChI=1S/C16H28N2O2S/c1-4-7-13-14(19)17-16(3,12-8-9-12)15(20)18(13)10-6-11-21-5-2/h12-13H,4-11H2,1-3H3,(H,17,19). The first-order valence-electron chi connectivity index (χ1n) is 8.25. The van der Waals surface area contributed by atoms with Crippen LogP contribution in [0.4, 0.5) is 0 Å². The van der Waals surface area contributed by atoms with Crippen molar-refractivity contribution in [1.82, 2.24) is 10.2 Å². The third-order valence-electron chi connectivity index (χ3n) is 4.61. The van der Waals surface area contributed by atoms with Crippen molar-refractivity contribution in [2.45, 2.75) is 64.5 Å². The van der Waals surface area contributed by atoms with E-state index in [9.17, 15) is 9.59 Å². The zero-order valence-corrected chi connectivity index (χ0v) is 14.3. The fourth-order valence-electron chi connectivity index (χ4n) is 3.21. The summed E-state index contributed by atoms with van der Waals surface area (Å²) in [6, 6.07) is -0.263. The summed E-state index contributed by atoms with van der Waals surface area (Å²) in [5.74, 6) is 2.69. The summed E-state index contributed by atoms with van der Waals surface area (Å²) >= 11 is 1.89. The summed E-state index contributed by atoms with van der Waals surface area (Å²) in [6.45, 7) is 6.85. The molecule has 2 unspecified atom stereocenters. The largest absolute Gasteiger partial charge is 0.340 e. The van der Waals surface area contributed by atoms with Crippen molar-refractivity contribution in [3.63, 3.8) is 0 Å². The van der Waals surface area contributed by atoms with Crippen molar-refractivity contribution in [1.29, 1.82) is 0 Å². The van der Waals surface area contributed by atoms with Gasteiger partial charge in [-0.2, -0.15) is 11.8 Å². The second kappa shape index (κ2) is 7.03. The summed E-state index contributed by atoms with van der Waals surface area (Å²) in [7, 11) is 0. The maximum absolute atomic E-state index is 12.9. The lowest BCUT2D eigenvalue weighted by molar-refractivity contribution is -0.155. The van der Waals surface area contributed by atoms with E-state index in [0.717, 1.165) is 43.6 Å².